The maximum Gasteiger partial charge on any atom is 0.191 e. The van der Waals surface area contributed by atoms with E-state index in [0.717, 1.165) is 36.9 Å². The molecule has 138 valence electrons. The van der Waals surface area contributed by atoms with Crippen molar-refractivity contribution in [1.29, 1.82) is 0 Å². The zero-order valence-electron chi connectivity index (χ0n) is 14.4. The summed E-state index contributed by atoms with van der Waals surface area (Å²) in [6.07, 6.45) is 2.65. The fourth-order valence-corrected chi connectivity index (χ4v) is 3.01. The average molecular weight is 485 g/mol. The third-order valence-electron chi connectivity index (χ3n) is 3.67. The van der Waals surface area contributed by atoms with Crippen LogP contribution in [0.2, 0.25) is 0 Å². The largest absolute Gasteiger partial charge is 0.356 e. The Morgan fingerprint density at radius 3 is 2.69 bits per heavy atom. The summed E-state index contributed by atoms with van der Waals surface area (Å²) in [4.78, 5) is 4.22. The Morgan fingerprint density at radius 1 is 1.19 bits per heavy atom. The van der Waals surface area contributed by atoms with Crippen LogP contribution < -0.4 is 10.6 Å². The molecule has 1 aromatic carbocycles. The summed E-state index contributed by atoms with van der Waals surface area (Å²) >= 11 is 1.68. The Morgan fingerprint density at radius 2 is 2.00 bits per heavy atom. The van der Waals surface area contributed by atoms with Crippen LogP contribution in [0.25, 0.3) is 5.69 Å². The summed E-state index contributed by atoms with van der Waals surface area (Å²) in [5.41, 5.74) is 3.05. The second kappa shape index (κ2) is 10.3. The van der Waals surface area contributed by atoms with Crippen LogP contribution in [0, 0.1) is 5.82 Å². The molecule has 0 unspecified atom stereocenters. The van der Waals surface area contributed by atoms with Crippen molar-refractivity contribution in [1.82, 2.24) is 20.4 Å². The standard InChI is InChI=1S/C18H20FN5S.HI/c1-20-18(22-12-14-8-11-25-13-14)21-9-6-16-7-10-24(23-16)17-4-2-15(19)3-5-17;/h2-5,7-8,10-11,13H,6,9,12H2,1H3,(H2,20,21,22);1H. The Kier molecular flexibility index (Phi) is 8.05. The van der Waals surface area contributed by atoms with E-state index in [1.54, 1.807) is 35.2 Å². The first-order chi connectivity index (χ1) is 12.2. The van der Waals surface area contributed by atoms with E-state index in [4.69, 9.17) is 0 Å². The van der Waals surface area contributed by atoms with Crippen molar-refractivity contribution in [2.45, 2.75) is 13.0 Å². The van der Waals surface area contributed by atoms with Gasteiger partial charge in [0.15, 0.2) is 5.96 Å². The van der Waals surface area contributed by atoms with Gasteiger partial charge < -0.3 is 10.6 Å². The first-order valence-corrected chi connectivity index (χ1v) is 8.95. The molecule has 0 bridgehead atoms. The maximum absolute atomic E-state index is 13.0. The van der Waals surface area contributed by atoms with Crippen molar-refractivity contribution in [3.63, 3.8) is 0 Å². The summed E-state index contributed by atoms with van der Waals surface area (Å²) in [6.45, 7) is 1.48. The fraction of sp³-hybridized carbons (Fsp3) is 0.222. The molecule has 2 aromatic heterocycles. The zero-order chi connectivity index (χ0) is 17.5. The lowest BCUT2D eigenvalue weighted by Crippen LogP contribution is -2.37. The molecule has 2 heterocycles. The van der Waals surface area contributed by atoms with E-state index in [1.165, 1.54) is 17.7 Å². The van der Waals surface area contributed by atoms with Crippen LogP contribution in [0.5, 0.6) is 0 Å². The molecule has 3 rings (SSSR count). The quantitative estimate of drug-likeness (QED) is 0.319. The highest BCUT2D eigenvalue weighted by Gasteiger charge is 2.03. The smallest absolute Gasteiger partial charge is 0.191 e. The van der Waals surface area contributed by atoms with E-state index in [0.29, 0.717) is 0 Å². The first kappa shape index (κ1) is 20.4. The molecule has 0 amide bonds. The van der Waals surface area contributed by atoms with Crippen LogP contribution in [0.15, 0.2) is 58.3 Å². The summed E-state index contributed by atoms with van der Waals surface area (Å²) < 4.78 is 14.7. The monoisotopic (exact) mass is 485 g/mol. The number of aliphatic imine (C=N–C) groups is 1. The van der Waals surface area contributed by atoms with Gasteiger partial charge in [0.05, 0.1) is 11.4 Å². The molecule has 0 saturated carbocycles. The number of rotatable bonds is 6. The number of nitrogens with zero attached hydrogens (tertiary/aromatic N) is 3. The predicted octanol–water partition coefficient (Wildman–Crippen LogP) is 3.60. The predicted molar refractivity (Wildman–Crippen MR) is 115 cm³/mol. The van der Waals surface area contributed by atoms with Crippen LogP contribution in [0.3, 0.4) is 0 Å². The number of benzene rings is 1. The van der Waals surface area contributed by atoms with Gasteiger partial charge in [0.25, 0.3) is 0 Å². The summed E-state index contributed by atoms with van der Waals surface area (Å²) in [5.74, 6) is 0.519. The molecule has 5 nitrogen and oxygen atoms in total. The number of hydrogen-bond acceptors (Lipinski definition) is 3. The second-order valence-corrected chi connectivity index (χ2v) is 6.24. The number of halogens is 2. The molecular weight excluding hydrogens is 464 g/mol. The molecule has 0 saturated heterocycles. The first-order valence-electron chi connectivity index (χ1n) is 8.00. The molecule has 0 aliphatic rings. The molecule has 0 radical (unpaired) electrons. The number of nitrogens with one attached hydrogen (secondary N) is 2. The fourth-order valence-electron chi connectivity index (χ4n) is 2.34. The van der Waals surface area contributed by atoms with Gasteiger partial charge in [-0.1, -0.05) is 0 Å². The molecule has 0 spiro atoms. The van der Waals surface area contributed by atoms with E-state index in [9.17, 15) is 4.39 Å². The summed E-state index contributed by atoms with van der Waals surface area (Å²) in [7, 11) is 1.76. The number of aromatic nitrogens is 2. The Balaban J connectivity index is 0.00000243. The van der Waals surface area contributed by atoms with Crippen LogP contribution in [-0.2, 0) is 13.0 Å². The van der Waals surface area contributed by atoms with Gasteiger partial charge in [0, 0.05) is 32.8 Å². The maximum atomic E-state index is 13.0. The van der Waals surface area contributed by atoms with Crippen molar-refractivity contribution in [2.75, 3.05) is 13.6 Å². The number of hydrogen-bond donors (Lipinski definition) is 2. The number of guanidine groups is 1. The molecule has 3 aromatic rings. The summed E-state index contributed by atoms with van der Waals surface area (Å²) in [6, 6.07) is 10.3. The Labute approximate surface area is 173 Å². The molecule has 0 fully saturated rings. The van der Waals surface area contributed by atoms with E-state index in [-0.39, 0.29) is 29.8 Å². The molecule has 0 atom stereocenters. The topological polar surface area (TPSA) is 54.2 Å². The summed E-state index contributed by atoms with van der Waals surface area (Å²) in [5, 5.41) is 15.2. The van der Waals surface area contributed by atoms with Gasteiger partial charge in [0.1, 0.15) is 5.82 Å². The van der Waals surface area contributed by atoms with Crippen LogP contribution in [0.1, 0.15) is 11.3 Å². The van der Waals surface area contributed by atoms with Crippen molar-refractivity contribution >= 4 is 41.3 Å². The SMILES string of the molecule is CN=C(NCCc1ccn(-c2ccc(F)cc2)n1)NCc1ccsc1.I. The molecule has 26 heavy (non-hydrogen) atoms. The van der Waals surface area contributed by atoms with E-state index in [1.807, 2.05) is 12.3 Å². The molecule has 8 heteroatoms. The van der Waals surface area contributed by atoms with Crippen LogP contribution in [-0.4, -0.2) is 29.3 Å². The van der Waals surface area contributed by atoms with E-state index in [2.05, 4.69) is 37.6 Å². The van der Waals surface area contributed by atoms with Crippen molar-refractivity contribution < 1.29 is 4.39 Å². The van der Waals surface area contributed by atoms with Crippen LogP contribution in [0.4, 0.5) is 4.39 Å². The zero-order valence-corrected chi connectivity index (χ0v) is 17.5. The van der Waals surface area contributed by atoms with Gasteiger partial charge in [-0.2, -0.15) is 16.4 Å². The highest BCUT2D eigenvalue weighted by atomic mass is 127. The second-order valence-electron chi connectivity index (χ2n) is 5.46. The van der Waals surface area contributed by atoms with Gasteiger partial charge >= 0.3 is 0 Å². The third kappa shape index (κ3) is 5.80. The Hall–Kier alpha value is -1.94. The minimum Gasteiger partial charge on any atom is -0.356 e. The Bertz CT molecular complexity index is 814. The normalized spacial score (nSPS) is 11.1. The van der Waals surface area contributed by atoms with Gasteiger partial charge in [-0.15, -0.1) is 24.0 Å². The van der Waals surface area contributed by atoms with Gasteiger partial charge in [-0.05, 0) is 52.7 Å². The van der Waals surface area contributed by atoms with Crippen LogP contribution >= 0.6 is 35.3 Å². The number of thiophene rings is 1. The molecule has 0 aliphatic carbocycles. The highest BCUT2D eigenvalue weighted by Crippen LogP contribution is 2.09. The minimum absolute atomic E-state index is 0. The average Bonchev–Trinajstić information content (AvgIpc) is 3.30. The molecular formula is C18H21FIN5S. The van der Waals surface area contributed by atoms with Gasteiger partial charge in [-0.25, -0.2) is 9.07 Å². The molecule has 2 N–H and O–H groups in total. The lowest BCUT2D eigenvalue weighted by atomic mass is 10.3. The minimum atomic E-state index is -0.248. The third-order valence-corrected chi connectivity index (χ3v) is 4.40. The van der Waals surface area contributed by atoms with Gasteiger partial charge in [-0.3, -0.25) is 4.99 Å². The van der Waals surface area contributed by atoms with Crippen molar-refractivity contribution in [3.05, 3.63) is 70.4 Å². The van der Waals surface area contributed by atoms with Crippen molar-refractivity contribution in [3.8, 4) is 5.69 Å². The van der Waals surface area contributed by atoms with E-state index < -0.39 is 0 Å². The highest BCUT2D eigenvalue weighted by molar-refractivity contribution is 14.0. The lowest BCUT2D eigenvalue weighted by Gasteiger charge is -2.10. The molecule has 0 aliphatic heterocycles. The van der Waals surface area contributed by atoms with Gasteiger partial charge in [0.2, 0.25) is 0 Å². The lowest BCUT2D eigenvalue weighted by molar-refractivity contribution is 0.627. The van der Waals surface area contributed by atoms with E-state index >= 15 is 0 Å². The van der Waals surface area contributed by atoms with Crippen molar-refractivity contribution in [2.24, 2.45) is 4.99 Å².